The number of nitrogens with zero attached hydrogens (tertiary/aromatic N) is 3. The van der Waals surface area contributed by atoms with Crippen LogP contribution in [-0.2, 0) is 4.79 Å². The average Bonchev–Trinajstić information content (AvgIpc) is 2.71. The largest absolute Gasteiger partial charge is 0.298 e. The molecule has 2 aliphatic heterocycles. The first kappa shape index (κ1) is 20.3. The highest BCUT2D eigenvalue weighted by molar-refractivity contribution is 8.13. The Labute approximate surface area is 183 Å². The van der Waals surface area contributed by atoms with Gasteiger partial charge in [0.25, 0.3) is 5.91 Å². The van der Waals surface area contributed by atoms with Crippen LogP contribution in [0.15, 0.2) is 52.6 Å². The number of rotatable bonds is 5. The Kier molecular flexibility index (Phi) is 6.13. The first-order valence-corrected chi connectivity index (χ1v) is 11.3. The molecule has 0 spiro atoms. The van der Waals surface area contributed by atoms with Gasteiger partial charge in [-0.05, 0) is 24.6 Å². The Morgan fingerprint density at radius 1 is 1.17 bits per heavy atom. The molecule has 2 aromatic rings. The SMILES string of the molecule is CCCCCSC1=NN2C(=c3ccccc3=N[C@@H]2c2ccc(Cl)cc2Cl)C(=O)N1. The fraction of sp³-hybridized carbons (Fsp3) is 0.286. The second-order valence-electron chi connectivity index (χ2n) is 6.79. The quantitative estimate of drug-likeness (QED) is 0.704. The monoisotopic (exact) mass is 446 g/mol. The van der Waals surface area contributed by atoms with E-state index in [1.165, 1.54) is 0 Å². The lowest BCUT2D eigenvalue weighted by atomic mass is 10.1. The van der Waals surface area contributed by atoms with Gasteiger partial charge in [-0.25, -0.2) is 5.01 Å². The van der Waals surface area contributed by atoms with Gasteiger partial charge in [0.05, 0.1) is 5.36 Å². The van der Waals surface area contributed by atoms with E-state index in [1.54, 1.807) is 28.9 Å². The zero-order valence-electron chi connectivity index (χ0n) is 15.9. The summed E-state index contributed by atoms with van der Waals surface area (Å²) in [6.07, 6.45) is 2.84. The molecule has 0 saturated carbocycles. The van der Waals surface area contributed by atoms with Crippen molar-refractivity contribution in [3.8, 4) is 0 Å². The zero-order chi connectivity index (χ0) is 20.4. The van der Waals surface area contributed by atoms with Crippen molar-refractivity contribution in [3.05, 3.63) is 68.6 Å². The Bertz CT molecular complexity index is 1100. The summed E-state index contributed by atoms with van der Waals surface area (Å²) < 4.78 is 0. The van der Waals surface area contributed by atoms with E-state index in [2.05, 4.69) is 12.2 Å². The molecule has 150 valence electrons. The number of hydrogen-bond acceptors (Lipinski definition) is 5. The van der Waals surface area contributed by atoms with Crippen molar-refractivity contribution in [3.63, 3.8) is 0 Å². The maximum absolute atomic E-state index is 13.0. The number of hydrogen-bond donors (Lipinski definition) is 1. The molecule has 2 aromatic carbocycles. The molecule has 0 aromatic heterocycles. The van der Waals surface area contributed by atoms with Gasteiger partial charge in [-0.15, -0.1) is 5.10 Å². The molecule has 29 heavy (non-hydrogen) atoms. The average molecular weight is 447 g/mol. The van der Waals surface area contributed by atoms with Gasteiger partial charge in [-0.3, -0.25) is 15.1 Å². The predicted octanol–water partition coefficient (Wildman–Crippen LogP) is 4.06. The summed E-state index contributed by atoms with van der Waals surface area (Å²) in [6, 6.07) is 12.9. The molecule has 1 N–H and O–H groups in total. The minimum absolute atomic E-state index is 0.185. The van der Waals surface area contributed by atoms with Crippen molar-refractivity contribution in [2.24, 2.45) is 10.1 Å². The summed E-state index contributed by atoms with van der Waals surface area (Å²) in [7, 11) is 0. The summed E-state index contributed by atoms with van der Waals surface area (Å²) in [5.41, 5.74) is 1.22. The Morgan fingerprint density at radius 3 is 2.79 bits per heavy atom. The maximum Gasteiger partial charge on any atom is 0.276 e. The topological polar surface area (TPSA) is 57.1 Å². The molecule has 5 nitrogen and oxygen atoms in total. The fourth-order valence-corrected chi connectivity index (χ4v) is 4.69. The predicted molar refractivity (Wildman–Crippen MR) is 119 cm³/mol. The van der Waals surface area contributed by atoms with E-state index in [0.29, 0.717) is 20.9 Å². The van der Waals surface area contributed by atoms with Crippen molar-refractivity contribution >= 4 is 51.7 Å². The molecule has 1 atom stereocenters. The van der Waals surface area contributed by atoms with Crippen LogP contribution in [0.2, 0.25) is 10.0 Å². The molecule has 8 heteroatoms. The van der Waals surface area contributed by atoms with Crippen LogP contribution in [0.4, 0.5) is 0 Å². The van der Waals surface area contributed by atoms with E-state index in [0.717, 1.165) is 41.2 Å². The van der Waals surface area contributed by atoms with Crippen molar-refractivity contribution in [2.75, 3.05) is 5.75 Å². The number of benzene rings is 2. The standard InChI is InChI=1S/C21H20Cl2N4OS/c1-2-3-6-11-29-21-25-20(28)18-15-7-4-5-8-17(15)24-19(27(18)26-21)14-10-9-13(22)12-16(14)23/h4-5,7-10,12,19H,2-3,6,11H2,1H3,(H,25,26,28)/t19-/m0/s1. The van der Waals surface area contributed by atoms with Crippen LogP contribution in [0.1, 0.15) is 37.9 Å². The van der Waals surface area contributed by atoms with E-state index >= 15 is 0 Å². The van der Waals surface area contributed by atoms with Gasteiger partial charge < -0.3 is 0 Å². The second kappa shape index (κ2) is 8.78. The highest BCUT2D eigenvalue weighted by atomic mass is 35.5. The Morgan fingerprint density at radius 2 is 2.00 bits per heavy atom. The normalized spacial score (nSPS) is 17.8. The van der Waals surface area contributed by atoms with Crippen LogP contribution >= 0.6 is 35.0 Å². The van der Waals surface area contributed by atoms with Gasteiger partial charge in [-0.1, -0.05) is 79.0 Å². The lowest BCUT2D eigenvalue weighted by molar-refractivity contribution is -0.116. The molecule has 2 heterocycles. The van der Waals surface area contributed by atoms with Gasteiger partial charge in [-0.2, -0.15) is 0 Å². The molecule has 2 aliphatic rings. The number of amidine groups is 1. The zero-order valence-corrected chi connectivity index (χ0v) is 18.2. The molecule has 0 saturated heterocycles. The highest BCUT2D eigenvalue weighted by Gasteiger charge is 2.35. The van der Waals surface area contributed by atoms with E-state index in [9.17, 15) is 4.79 Å². The number of amides is 1. The summed E-state index contributed by atoms with van der Waals surface area (Å²) in [4.78, 5) is 17.9. The lowest BCUT2D eigenvalue weighted by Crippen LogP contribution is -2.50. The molecule has 1 amide bonds. The number of hydrazone groups is 1. The first-order chi connectivity index (χ1) is 14.1. The van der Waals surface area contributed by atoms with Gasteiger partial charge in [0, 0.05) is 26.6 Å². The van der Waals surface area contributed by atoms with E-state index in [4.69, 9.17) is 33.3 Å². The van der Waals surface area contributed by atoms with Crippen molar-refractivity contribution < 1.29 is 4.79 Å². The van der Waals surface area contributed by atoms with Crippen molar-refractivity contribution in [1.29, 1.82) is 0 Å². The summed E-state index contributed by atoms with van der Waals surface area (Å²) in [5, 5.41) is 12.4. The van der Waals surface area contributed by atoms with Crippen molar-refractivity contribution in [1.82, 2.24) is 10.3 Å². The van der Waals surface area contributed by atoms with Gasteiger partial charge in [0.15, 0.2) is 11.3 Å². The van der Waals surface area contributed by atoms with Gasteiger partial charge >= 0.3 is 0 Å². The fourth-order valence-electron chi connectivity index (χ4n) is 3.33. The molecule has 0 radical (unpaired) electrons. The van der Waals surface area contributed by atoms with Gasteiger partial charge in [0.1, 0.15) is 5.70 Å². The van der Waals surface area contributed by atoms with Crippen LogP contribution < -0.4 is 15.9 Å². The molecule has 4 rings (SSSR count). The number of carbonyl (C=O) groups is 1. The van der Waals surface area contributed by atoms with Crippen LogP contribution in [0, 0.1) is 0 Å². The number of fused-ring (bicyclic) bond motifs is 2. The second-order valence-corrected chi connectivity index (χ2v) is 8.72. The first-order valence-electron chi connectivity index (χ1n) is 9.52. The Hall–Kier alpha value is -2.02. The molecular formula is C21H20Cl2N4OS. The number of nitrogens with one attached hydrogen (secondary N) is 1. The van der Waals surface area contributed by atoms with E-state index in [-0.39, 0.29) is 5.91 Å². The summed E-state index contributed by atoms with van der Waals surface area (Å²) in [6.45, 7) is 2.17. The molecular weight excluding hydrogens is 427 g/mol. The third-order valence-electron chi connectivity index (χ3n) is 4.74. The van der Waals surface area contributed by atoms with Crippen LogP contribution in [0.25, 0.3) is 5.70 Å². The third-order valence-corrected chi connectivity index (χ3v) is 6.26. The number of carbonyl (C=O) groups excluding carboxylic acids is 1. The van der Waals surface area contributed by atoms with Crippen LogP contribution in [0.3, 0.4) is 0 Å². The maximum atomic E-state index is 13.0. The minimum atomic E-state index is -0.540. The summed E-state index contributed by atoms with van der Waals surface area (Å²) in [5.74, 6) is 0.714. The smallest absolute Gasteiger partial charge is 0.276 e. The van der Waals surface area contributed by atoms with Crippen LogP contribution in [0.5, 0.6) is 0 Å². The van der Waals surface area contributed by atoms with Gasteiger partial charge in [0.2, 0.25) is 0 Å². The number of halogens is 2. The van der Waals surface area contributed by atoms with E-state index < -0.39 is 6.17 Å². The van der Waals surface area contributed by atoms with Crippen molar-refractivity contribution in [2.45, 2.75) is 32.4 Å². The molecule has 0 bridgehead atoms. The van der Waals surface area contributed by atoms with Crippen LogP contribution in [-0.4, -0.2) is 21.8 Å². The Balaban J connectivity index is 1.80. The highest BCUT2D eigenvalue weighted by Crippen LogP contribution is 2.35. The molecule has 0 unspecified atom stereocenters. The number of unbranched alkanes of at least 4 members (excludes halogenated alkanes) is 2. The van der Waals surface area contributed by atoms with E-state index in [1.807, 2.05) is 30.3 Å². The number of para-hydroxylation sites is 1. The molecule has 0 fully saturated rings. The minimum Gasteiger partial charge on any atom is -0.298 e. The molecule has 0 aliphatic carbocycles. The third kappa shape index (κ3) is 4.15. The number of thioether (sulfide) groups is 1. The lowest BCUT2D eigenvalue weighted by Gasteiger charge is -2.34. The summed E-state index contributed by atoms with van der Waals surface area (Å²) >= 11 is 14.1.